The van der Waals surface area contributed by atoms with E-state index >= 15 is 0 Å². The second kappa shape index (κ2) is 12.8. The van der Waals surface area contributed by atoms with Crippen molar-refractivity contribution in [3.63, 3.8) is 0 Å². The molecule has 4 rings (SSSR count). The zero-order chi connectivity index (χ0) is 22.7. The summed E-state index contributed by atoms with van der Waals surface area (Å²) < 4.78 is 11.8. The van der Waals surface area contributed by atoms with Gasteiger partial charge in [-0.3, -0.25) is 4.79 Å². The fourth-order valence-electron chi connectivity index (χ4n) is 5.61. The summed E-state index contributed by atoms with van der Waals surface area (Å²) >= 11 is 0. The van der Waals surface area contributed by atoms with Crippen molar-refractivity contribution < 1.29 is 14.3 Å². The van der Waals surface area contributed by atoms with Gasteiger partial charge in [-0.05, 0) is 95.0 Å². The molecule has 3 fully saturated rings. The summed E-state index contributed by atoms with van der Waals surface area (Å²) in [7, 11) is 0. The molecule has 3 heteroatoms. The Morgan fingerprint density at radius 3 is 2.16 bits per heavy atom. The van der Waals surface area contributed by atoms with Crippen molar-refractivity contribution in [3.8, 4) is 0 Å². The van der Waals surface area contributed by atoms with Crippen molar-refractivity contribution in [2.75, 3.05) is 13.2 Å². The van der Waals surface area contributed by atoms with Crippen LogP contribution in [0.2, 0.25) is 0 Å². The van der Waals surface area contributed by atoms with Gasteiger partial charge < -0.3 is 9.47 Å². The van der Waals surface area contributed by atoms with Crippen molar-refractivity contribution in [1.82, 2.24) is 0 Å². The Kier molecular flexibility index (Phi) is 10.1. The molecule has 0 amide bonds. The lowest BCUT2D eigenvalue weighted by molar-refractivity contribution is -0.144. The van der Waals surface area contributed by atoms with Gasteiger partial charge in [-0.2, -0.15) is 0 Å². The Labute approximate surface area is 196 Å². The maximum Gasteiger partial charge on any atom is 0.305 e. The summed E-state index contributed by atoms with van der Waals surface area (Å²) in [5, 5.41) is 0. The zero-order valence-electron chi connectivity index (χ0n) is 20.8. The van der Waals surface area contributed by atoms with Crippen LogP contribution in [-0.4, -0.2) is 24.8 Å². The molecule has 3 nitrogen and oxygen atoms in total. The molecule has 180 valence electrons. The van der Waals surface area contributed by atoms with Crippen LogP contribution in [0.4, 0.5) is 0 Å². The molecule has 0 aromatic heterocycles. The van der Waals surface area contributed by atoms with E-state index in [-0.39, 0.29) is 11.6 Å². The number of fused-ring (bicyclic) bond motifs is 3. The number of hydrogen-bond donors (Lipinski definition) is 0. The Morgan fingerprint density at radius 2 is 1.50 bits per heavy atom. The van der Waals surface area contributed by atoms with Crippen LogP contribution in [0.25, 0.3) is 0 Å². The summed E-state index contributed by atoms with van der Waals surface area (Å²) in [6, 6.07) is 9.11. The predicted molar refractivity (Wildman–Crippen MR) is 132 cm³/mol. The molecule has 3 aliphatic rings. The van der Waals surface area contributed by atoms with Gasteiger partial charge in [0.05, 0.1) is 12.2 Å². The third-order valence-corrected chi connectivity index (χ3v) is 8.09. The molecule has 1 aromatic rings. The largest absolute Gasteiger partial charge is 0.466 e. The molecule has 0 unspecified atom stereocenters. The van der Waals surface area contributed by atoms with Gasteiger partial charge in [0, 0.05) is 13.0 Å². The van der Waals surface area contributed by atoms with Crippen LogP contribution in [0.3, 0.4) is 0 Å². The van der Waals surface area contributed by atoms with Crippen molar-refractivity contribution in [2.45, 2.75) is 122 Å². The second-order valence-corrected chi connectivity index (χ2v) is 10.6. The molecule has 3 aliphatic carbocycles. The van der Waals surface area contributed by atoms with Crippen LogP contribution in [0, 0.1) is 12.3 Å². The minimum Gasteiger partial charge on any atom is -0.466 e. The summed E-state index contributed by atoms with van der Waals surface area (Å²) in [5.74, 6) is -0.0228. The average Bonchev–Trinajstić information content (AvgIpc) is 2.82. The van der Waals surface area contributed by atoms with E-state index in [1.54, 1.807) is 0 Å². The first kappa shape index (κ1) is 25.3. The number of benzene rings is 1. The zero-order valence-corrected chi connectivity index (χ0v) is 20.8. The van der Waals surface area contributed by atoms with Gasteiger partial charge in [0.25, 0.3) is 0 Å². The molecule has 0 heterocycles. The van der Waals surface area contributed by atoms with Crippen LogP contribution in [-0.2, 0) is 20.7 Å². The van der Waals surface area contributed by atoms with E-state index in [2.05, 4.69) is 38.1 Å². The van der Waals surface area contributed by atoms with E-state index in [0.29, 0.717) is 18.4 Å². The number of carbonyl (C=O) groups excluding carboxylic acids is 1. The van der Waals surface area contributed by atoms with Crippen LogP contribution in [0.1, 0.15) is 114 Å². The highest BCUT2D eigenvalue weighted by molar-refractivity contribution is 5.69. The molecule has 0 atom stereocenters. The molecule has 0 radical (unpaired) electrons. The van der Waals surface area contributed by atoms with Gasteiger partial charge >= 0.3 is 5.97 Å². The Balaban J connectivity index is 1.23. The Bertz CT molecular complexity index is 654. The first-order chi connectivity index (χ1) is 15.5. The lowest BCUT2D eigenvalue weighted by atomic mass is 9.57. The van der Waals surface area contributed by atoms with Crippen LogP contribution >= 0.6 is 0 Å². The van der Waals surface area contributed by atoms with E-state index in [4.69, 9.17) is 9.47 Å². The summed E-state index contributed by atoms with van der Waals surface area (Å²) in [5.41, 5.74) is 3.60. The van der Waals surface area contributed by atoms with E-state index in [1.807, 2.05) is 0 Å². The monoisotopic (exact) mass is 442 g/mol. The third-order valence-electron chi connectivity index (χ3n) is 8.09. The van der Waals surface area contributed by atoms with Gasteiger partial charge in [0.2, 0.25) is 0 Å². The summed E-state index contributed by atoms with van der Waals surface area (Å²) in [6.45, 7) is 5.79. The molecule has 0 spiro atoms. The SMILES string of the molecule is CCCCCC(=O)OCCCCCCOC12CCC(CCc3ccc(C)cc3)(CC1)CC2. The van der Waals surface area contributed by atoms with Crippen LogP contribution < -0.4 is 0 Å². The summed E-state index contributed by atoms with van der Waals surface area (Å²) in [6.07, 6.45) is 18.6. The molecule has 0 saturated heterocycles. The first-order valence-electron chi connectivity index (χ1n) is 13.4. The van der Waals surface area contributed by atoms with Crippen molar-refractivity contribution in [2.24, 2.45) is 5.41 Å². The fourth-order valence-corrected chi connectivity index (χ4v) is 5.61. The third kappa shape index (κ3) is 7.90. The quantitative estimate of drug-likeness (QED) is 0.206. The number of rotatable bonds is 15. The number of unbranched alkanes of at least 4 members (excludes halogenated alkanes) is 5. The van der Waals surface area contributed by atoms with Crippen molar-refractivity contribution in [3.05, 3.63) is 35.4 Å². The molecule has 0 N–H and O–H groups in total. The highest BCUT2D eigenvalue weighted by Crippen LogP contribution is 2.55. The minimum absolute atomic E-state index is 0.0228. The topological polar surface area (TPSA) is 35.5 Å². The molecule has 0 aliphatic heterocycles. The van der Waals surface area contributed by atoms with Gasteiger partial charge in [-0.1, -0.05) is 56.0 Å². The fraction of sp³-hybridized carbons (Fsp3) is 0.759. The Morgan fingerprint density at radius 1 is 0.844 bits per heavy atom. The van der Waals surface area contributed by atoms with E-state index in [1.165, 1.54) is 68.9 Å². The molecule has 2 bridgehead atoms. The molecule has 3 saturated carbocycles. The lowest BCUT2D eigenvalue weighted by Crippen LogP contribution is -2.48. The van der Waals surface area contributed by atoms with E-state index < -0.39 is 0 Å². The highest BCUT2D eigenvalue weighted by Gasteiger charge is 2.48. The van der Waals surface area contributed by atoms with Gasteiger partial charge in [-0.25, -0.2) is 0 Å². The standard InChI is InChI=1S/C29H46O3/c1-3-4-7-10-27(30)31-23-8-5-6-9-24-32-29-20-17-28(18-21-29,19-22-29)16-15-26-13-11-25(2)12-14-26/h11-14H,3-10,15-24H2,1-2H3. The number of carbonyl (C=O) groups is 1. The van der Waals surface area contributed by atoms with Crippen LogP contribution in [0.5, 0.6) is 0 Å². The first-order valence-corrected chi connectivity index (χ1v) is 13.4. The molecule has 1 aromatic carbocycles. The maximum absolute atomic E-state index is 11.6. The van der Waals surface area contributed by atoms with Gasteiger partial charge in [0.15, 0.2) is 0 Å². The average molecular weight is 443 g/mol. The smallest absolute Gasteiger partial charge is 0.305 e. The summed E-state index contributed by atoms with van der Waals surface area (Å²) in [4.78, 5) is 11.6. The normalized spacial score (nSPS) is 24.6. The van der Waals surface area contributed by atoms with Crippen LogP contribution in [0.15, 0.2) is 24.3 Å². The number of hydrogen-bond acceptors (Lipinski definition) is 3. The maximum atomic E-state index is 11.6. The number of aryl methyl sites for hydroxylation is 2. The number of ether oxygens (including phenoxy) is 2. The molecule has 32 heavy (non-hydrogen) atoms. The molecular formula is C29H46O3. The second-order valence-electron chi connectivity index (χ2n) is 10.6. The Hall–Kier alpha value is -1.35. The van der Waals surface area contributed by atoms with Crippen molar-refractivity contribution in [1.29, 1.82) is 0 Å². The molecular weight excluding hydrogens is 396 g/mol. The van der Waals surface area contributed by atoms with E-state index in [9.17, 15) is 4.79 Å². The highest BCUT2D eigenvalue weighted by atomic mass is 16.5. The van der Waals surface area contributed by atoms with Crippen molar-refractivity contribution >= 4 is 5.97 Å². The minimum atomic E-state index is -0.0228. The lowest BCUT2D eigenvalue weighted by Gasteiger charge is -2.53. The van der Waals surface area contributed by atoms with Gasteiger partial charge in [-0.15, -0.1) is 0 Å². The number of esters is 1. The van der Waals surface area contributed by atoms with Gasteiger partial charge in [0.1, 0.15) is 0 Å². The van der Waals surface area contributed by atoms with E-state index in [0.717, 1.165) is 45.1 Å². The predicted octanol–water partition coefficient (Wildman–Crippen LogP) is 7.72.